The maximum atomic E-state index is 11.7. The van der Waals surface area contributed by atoms with Gasteiger partial charge in [-0.1, -0.05) is 0 Å². The number of aryl methyl sites for hydroxylation is 1. The van der Waals surface area contributed by atoms with Crippen molar-refractivity contribution in [1.82, 2.24) is 10.3 Å². The predicted molar refractivity (Wildman–Crippen MR) is 66.6 cm³/mol. The van der Waals surface area contributed by atoms with Crippen LogP contribution < -0.4 is 10.9 Å². The van der Waals surface area contributed by atoms with E-state index in [2.05, 4.69) is 10.3 Å². The number of aliphatic hydroxyl groups is 1. The molecule has 1 heterocycles. The van der Waals surface area contributed by atoms with E-state index in [0.717, 1.165) is 0 Å². The van der Waals surface area contributed by atoms with Gasteiger partial charge in [0.05, 0.1) is 12.7 Å². The standard InChI is InChI=1S/C12H18N2O4/c1-8-3-4-10(12(17)14-8)11(16)13-6-5-9(15)7-18-2/h3-4,9,15H,5-7H2,1-2H3,(H,13,16)(H,14,17). The molecular formula is C12H18N2O4. The molecular weight excluding hydrogens is 236 g/mol. The van der Waals surface area contributed by atoms with E-state index in [1.165, 1.54) is 13.2 Å². The fraction of sp³-hybridized carbons (Fsp3) is 0.500. The van der Waals surface area contributed by atoms with Crippen LogP contribution in [0.5, 0.6) is 0 Å². The van der Waals surface area contributed by atoms with Crippen LogP contribution in [0.4, 0.5) is 0 Å². The summed E-state index contributed by atoms with van der Waals surface area (Å²) < 4.78 is 4.76. The maximum Gasteiger partial charge on any atom is 0.260 e. The molecule has 1 aromatic rings. The Bertz CT molecular complexity index is 456. The average Bonchev–Trinajstić information content (AvgIpc) is 2.29. The molecule has 100 valence electrons. The molecule has 1 atom stereocenters. The Morgan fingerprint density at radius 2 is 2.28 bits per heavy atom. The number of rotatable bonds is 6. The Kier molecular flexibility index (Phi) is 5.54. The van der Waals surface area contributed by atoms with Crippen LogP contribution in [-0.4, -0.2) is 42.4 Å². The van der Waals surface area contributed by atoms with E-state index in [-0.39, 0.29) is 18.7 Å². The summed E-state index contributed by atoms with van der Waals surface area (Å²) in [5, 5.41) is 12.0. The summed E-state index contributed by atoms with van der Waals surface area (Å²) in [5.41, 5.74) is 0.360. The minimum atomic E-state index is -0.619. The number of carbonyl (C=O) groups is 1. The zero-order chi connectivity index (χ0) is 13.5. The fourth-order valence-corrected chi connectivity index (χ4v) is 1.47. The molecule has 0 aliphatic rings. The van der Waals surface area contributed by atoms with Crippen molar-refractivity contribution in [3.63, 3.8) is 0 Å². The molecule has 0 saturated heterocycles. The summed E-state index contributed by atoms with van der Waals surface area (Å²) in [6, 6.07) is 3.14. The summed E-state index contributed by atoms with van der Waals surface area (Å²) in [7, 11) is 1.49. The minimum absolute atomic E-state index is 0.0711. The second-order valence-electron chi connectivity index (χ2n) is 4.04. The van der Waals surface area contributed by atoms with Crippen molar-refractivity contribution in [2.45, 2.75) is 19.4 Å². The molecule has 0 aliphatic carbocycles. The van der Waals surface area contributed by atoms with Crippen LogP contribution in [0, 0.1) is 6.92 Å². The fourth-order valence-electron chi connectivity index (χ4n) is 1.47. The SMILES string of the molecule is COCC(O)CCNC(=O)c1ccc(C)[nH]c1=O. The maximum absolute atomic E-state index is 11.7. The second kappa shape index (κ2) is 6.93. The first-order valence-electron chi connectivity index (χ1n) is 5.69. The summed E-state index contributed by atoms with van der Waals surface area (Å²) in [5.74, 6) is -0.444. The van der Waals surface area contributed by atoms with Crippen LogP contribution in [-0.2, 0) is 4.74 Å². The van der Waals surface area contributed by atoms with Crippen LogP contribution in [0.2, 0.25) is 0 Å². The molecule has 6 nitrogen and oxygen atoms in total. The van der Waals surface area contributed by atoms with E-state index in [1.54, 1.807) is 13.0 Å². The first-order chi connectivity index (χ1) is 8.54. The van der Waals surface area contributed by atoms with Gasteiger partial charge >= 0.3 is 0 Å². The van der Waals surface area contributed by atoms with Gasteiger partial charge in [0, 0.05) is 19.3 Å². The number of aliphatic hydroxyl groups excluding tert-OH is 1. The van der Waals surface area contributed by atoms with Gasteiger partial charge in [-0.2, -0.15) is 0 Å². The predicted octanol–water partition coefficient (Wildman–Crippen LogP) is -0.189. The molecule has 0 aromatic carbocycles. The van der Waals surface area contributed by atoms with Crippen LogP contribution in [0.3, 0.4) is 0 Å². The lowest BCUT2D eigenvalue weighted by atomic mass is 10.2. The monoisotopic (exact) mass is 254 g/mol. The van der Waals surface area contributed by atoms with Crippen molar-refractivity contribution in [2.75, 3.05) is 20.3 Å². The van der Waals surface area contributed by atoms with Gasteiger partial charge in [-0.05, 0) is 25.5 Å². The molecule has 1 rings (SSSR count). The van der Waals surface area contributed by atoms with Gasteiger partial charge in [0.25, 0.3) is 11.5 Å². The number of hydrogen-bond donors (Lipinski definition) is 3. The molecule has 1 amide bonds. The number of methoxy groups -OCH3 is 1. The number of pyridine rings is 1. The Balaban J connectivity index is 2.48. The first-order valence-corrected chi connectivity index (χ1v) is 5.69. The van der Waals surface area contributed by atoms with Crippen molar-refractivity contribution in [3.05, 3.63) is 33.7 Å². The Morgan fingerprint density at radius 1 is 1.56 bits per heavy atom. The molecule has 0 aliphatic heterocycles. The number of aromatic amines is 1. The van der Waals surface area contributed by atoms with Crippen LogP contribution in [0.1, 0.15) is 22.5 Å². The highest BCUT2D eigenvalue weighted by Gasteiger charge is 2.10. The van der Waals surface area contributed by atoms with Gasteiger partial charge in [0.1, 0.15) is 5.56 Å². The topological polar surface area (TPSA) is 91.4 Å². The van der Waals surface area contributed by atoms with Crippen molar-refractivity contribution in [3.8, 4) is 0 Å². The third-order valence-electron chi connectivity index (χ3n) is 2.42. The average molecular weight is 254 g/mol. The Morgan fingerprint density at radius 3 is 2.89 bits per heavy atom. The summed E-state index contributed by atoms with van der Waals surface area (Å²) in [6.07, 6.45) is -0.241. The molecule has 0 fully saturated rings. The zero-order valence-corrected chi connectivity index (χ0v) is 10.5. The third-order valence-corrected chi connectivity index (χ3v) is 2.42. The lowest BCUT2D eigenvalue weighted by Gasteiger charge is -2.09. The summed E-state index contributed by atoms with van der Waals surface area (Å²) in [4.78, 5) is 25.7. The van der Waals surface area contributed by atoms with E-state index < -0.39 is 17.6 Å². The molecule has 3 N–H and O–H groups in total. The smallest absolute Gasteiger partial charge is 0.260 e. The molecule has 0 bridgehead atoms. The summed E-state index contributed by atoms with van der Waals surface area (Å²) >= 11 is 0. The van der Waals surface area contributed by atoms with Gasteiger partial charge in [0.2, 0.25) is 0 Å². The quantitative estimate of drug-likeness (QED) is 0.656. The van der Waals surface area contributed by atoms with E-state index in [1.807, 2.05) is 0 Å². The van der Waals surface area contributed by atoms with E-state index >= 15 is 0 Å². The zero-order valence-electron chi connectivity index (χ0n) is 10.5. The Labute approximate surface area is 105 Å². The van der Waals surface area contributed by atoms with Crippen molar-refractivity contribution in [1.29, 1.82) is 0 Å². The number of aromatic nitrogens is 1. The lowest BCUT2D eigenvalue weighted by Crippen LogP contribution is -2.32. The lowest BCUT2D eigenvalue weighted by molar-refractivity contribution is 0.0587. The molecule has 1 aromatic heterocycles. The van der Waals surface area contributed by atoms with E-state index in [9.17, 15) is 14.7 Å². The number of hydrogen-bond acceptors (Lipinski definition) is 4. The number of amides is 1. The largest absolute Gasteiger partial charge is 0.391 e. The van der Waals surface area contributed by atoms with Gasteiger partial charge in [-0.25, -0.2) is 0 Å². The molecule has 0 radical (unpaired) electrons. The van der Waals surface area contributed by atoms with Gasteiger partial charge in [-0.3, -0.25) is 9.59 Å². The van der Waals surface area contributed by atoms with E-state index in [4.69, 9.17) is 4.74 Å². The highest BCUT2D eigenvalue weighted by molar-refractivity contribution is 5.93. The highest BCUT2D eigenvalue weighted by Crippen LogP contribution is 1.95. The number of carbonyl (C=O) groups excluding carboxylic acids is 1. The van der Waals surface area contributed by atoms with Crippen molar-refractivity contribution >= 4 is 5.91 Å². The minimum Gasteiger partial charge on any atom is -0.391 e. The molecule has 18 heavy (non-hydrogen) atoms. The molecule has 0 spiro atoms. The molecule has 1 unspecified atom stereocenters. The first kappa shape index (κ1) is 14.4. The van der Waals surface area contributed by atoms with Crippen LogP contribution in [0.25, 0.3) is 0 Å². The Hall–Kier alpha value is -1.66. The van der Waals surface area contributed by atoms with Crippen molar-refractivity contribution in [2.24, 2.45) is 0 Å². The number of ether oxygens (including phenoxy) is 1. The highest BCUT2D eigenvalue weighted by atomic mass is 16.5. The van der Waals surface area contributed by atoms with Gasteiger partial charge < -0.3 is 20.1 Å². The second-order valence-corrected chi connectivity index (χ2v) is 4.04. The number of H-pyrrole nitrogens is 1. The van der Waals surface area contributed by atoms with Crippen molar-refractivity contribution < 1.29 is 14.6 Å². The molecule has 6 heteroatoms. The summed E-state index contributed by atoms with van der Waals surface area (Å²) in [6.45, 7) is 2.25. The van der Waals surface area contributed by atoms with Gasteiger partial charge in [0.15, 0.2) is 0 Å². The third kappa shape index (κ3) is 4.31. The number of nitrogens with one attached hydrogen (secondary N) is 2. The van der Waals surface area contributed by atoms with E-state index in [0.29, 0.717) is 12.1 Å². The van der Waals surface area contributed by atoms with Crippen LogP contribution in [0.15, 0.2) is 16.9 Å². The molecule has 0 saturated carbocycles. The van der Waals surface area contributed by atoms with Crippen LogP contribution >= 0.6 is 0 Å². The normalized spacial score (nSPS) is 12.2. The van der Waals surface area contributed by atoms with Gasteiger partial charge in [-0.15, -0.1) is 0 Å².